The molecule has 7 heteroatoms. The van der Waals surface area contributed by atoms with Crippen LogP contribution in [0, 0.1) is 6.92 Å². The molecule has 0 aliphatic heterocycles. The van der Waals surface area contributed by atoms with Crippen LogP contribution in [0.2, 0.25) is 0 Å². The second kappa shape index (κ2) is 6.16. The second-order valence-corrected chi connectivity index (χ2v) is 8.56. The molecule has 0 aliphatic rings. The van der Waals surface area contributed by atoms with E-state index >= 15 is 0 Å². The van der Waals surface area contributed by atoms with Gasteiger partial charge in [0, 0.05) is 5.46 Å². The van der Waals surface area contributed by atoms with Crippen LogP contribution in [0.4, 0.5) is 0 Å². The maximum absolute atomic E-state index is 11.9. The number of sulfone groups is 1. The fourth-order valence-corrected chi connectivity index (χ4v) is 2.48. The number of hydrogen-bond donors (Lipinski definition) is 2. The first-order valence-corrected chi connectivity index (χ1v) is 8.01. The molecule has 5 nitrogen and oxygen atoms in total. The van der Waals surface area contributed by atoms with Gasteiger partial charge in [0.15, 0.2) is 9.84 Å². The summed E-state index contributed by atoms with van der Waals surface area (Å²) < 4.78 is 28.4. The summed E-state index contributed by atoms with van der Waals surface area (Å²) >= 11 is 0. The van der Waals surface area contributed by atoms with Gasteiger partial charge < -0.3 is 14.8 Å². The molecule has 2 N–H and O–H groups in total. The van der Waals surface area contributed by atoms with Crippen molar-refractivity contribution < 1.29 is 23.2 Å². The van der Waals surface area contributed by atoms with Gasteiger partial charge in [-0.1, -0.05) is 17.7 Å². The van der Waals surface area contributed by atoms with E-state index in [-0.39, 0.29) is 23.6 Å². The molecule has 0 fully saturated rings. The van der Waals surface area contributed by atoms with Gasteiger partial charge in [-0.25, -0.2) is 8.42 Å². The van der Waals surface area contributed by atoms with Crippen molar-refractivity contribution in [2.45, 2.75) is 32.4 Å². The monoisotopic (exact) mass is 300 g/mol. The second-order valence-electron chi connectivity index (χ2n) is 5.69. The van der Waals surface area contributed by atoms with Gasteiger partial charge in [0.1, 0.15) is 12.4 Å². The summed E-state index contributed by atoms with van der Waals surface area (Å²) in [7, 11) is -4.91. The highest BCUT2D eigenvalue weighted by Crippen LogP contribution is 2.16. The maximum atomic E-state index is 11.9. The van der Waals surface area contributed by atoms with E-state index in [1.54, 1.807) is 39.0 Å². The Morgan fingerprint density at radius 2 is 1.85 bits per heavy atom. The Morgan fingerprint density at radius 3 is 2.35 bits per heavy atom. The average molecular weight is 300 g/mol. The molecular formula is C13H21BO5S. The summed E-state index contributed by atoms with van der Waals surface area (Å²) in [5.74, 6) is 0.167. The summed E-state index contributed by atoms with van der Waals surface area (Å²) in [6.45, 7) is 6.70. The molecule has 0 unspecified atom stereocenters. The molecule has 0 saturated carbocycles. The van der Waals surface area contributed by atoms with Crippen molar-refractivity contribution in [1.82, 2.24) is 0 Å². The number of aryl methyl sites for hydroxylation is 1. The molecule has 20 heavy (non-hydrogen) atoms. The van der Waals surface area contributed by atoms with Crippen LogP contribution >= 0.6 is 0 Å². The number of benzene rings is 1. The minimum atomic E-state index is -3.26. The van der Waals surface area contributed by atoms with E-state index in [4.69, 9.17) is 4.74 Å². The molecule has 0 spiro atoms. The van der Waals surface area contributed by atoms with Crippen LogP contribution < -0.4 is 10.2 Å². The third kappa shape index (κ3) is 4.23. The highest BCUT2D eigenvalue weighted by atomic mass is 32.2. The van der Waals surface area contributed by atoms with Crippen molar-refractivity contribution in [3.8, 4) is 5.75 Å². The van der Waals surface area contributed by atoms with Gasteiger partial charge >= 0.3 is 7.12 Å². The Balaban J connectivity index is 2.77. The molecule has 0 radical (unpaired) electrons. The highest BCUT2D eigenvalue weighted by Gasteiger charge is 2.28. The predicted octanol–water partition coefficient (Wildman–Crippen LogP) is 0.267. The number of hydrogen-bond acceptors (Lipinski definition) is 5. The third-order valence-electron chi connectivity index (χ3n) is 2.99. The van der Waals surface area contributed by atoms with Crippen LogP contribution in [0.5, 0.6) is 5.75 Å². The normalized spacial score (nSPS) is 12.3. The molecule has 1 aromatic carbocycles. The minimum absolute atomic E-state index is 0.0254. The van der Waals surface area contributed by atoms with Crippen molar-refractivity contribution in [2.24, 2.45) is 0 Å². The summed E-state index contributed by atoms with van der Waals surface area (Å²) in [4.78, 5) is 0. The van der Waals surface area contributed by atoms with Crippen LogP contribution in [0.3, 0.4) is 0 Å². The van der Waals surface area contributed by atoms with Crippen LogP contribution in [-0.4, -0.2) is 42.7 Å². The van der Waals surface area contributed by atoms with E-state index in [0.29, 0.717) is 0 Å². The predicted molar refractivity (Wildman–Crippen MR) is 80.0 cm³/mol. The lowest BCUT2D eigenvalue weighted by molar-refractivity contribution is 0.339. The summed E-state index contributed by atoms with van der Waals surface area (Å²) in [5.41, 5.74) is 1.10. The van der Waals surface area contributed by atoms with Gasteiger partial charge in [-0.2, -0.15) is 0 Å². The first-order valence-electron chi connectivity index (χ1n) is 6.36. The highest BCUT2D eigenvalue weighted by molar-refractivity contribution is 7.92. The van der Waals surface area contributed by atoms with Crippen LogP contribution in [-0.2, 0) is 9.84 Å². The van der Waals surface area contributed by atoms with E-state index in [1.807, 2.05) is 6.92 Å². The van der Waals surface area contributed by atoms with Crippen molar-refractivity contribution in [2.75, 3.05) is 12.4 Å². The quantitative estimate of drug-likeness (QED) is 0.763. The van der Waals surface area contributed by atoms with Crippen molar-refractivity contribution >= 4 is 22.4 Å². The van der Waals surface area contributed by atoms with Gasteiger partial charge in [0.25, 0.3) is 0 Å². The SMILES string of the molecule is Cc1ccc(OCCS(=O)(=O)C(C)(C)C)c(B(O)O)c1. The van der Waals surface area contributed by atoms with E-state index in [9.17, 15) is 18.5 Å². The molecular weight excluding hydrogens is 279 g/mol. The fourth-order valence-electron chi connectivity index (χ4n) is 1.57. The Kier molecular flexibility index (Phi) is 5.24. The zero-order chi connectivity index (χ0) is 15.6. The standard InChI is InChI=1S/C13H21BO5S/c1-10-5-6-12(11(9-10)14(15)16)19-7-8-20(17,18)13(2,3)4/h5-6,9,15-16H,7-8H2,1-4H3. The van der Waals surface area contributed by atoms with Crippen molar-refractivity contribution in [3.05, 3.63) is 23.8 Å². The Hall–Kier alpha value is -1.05. The van der Waals surface area contributed by atoms with E-state index in [0.717, 1.165) is 5.56 Å². The zero-order valence-corrected chi connectivity index (χ0v) is 13.1. The maximum Gasteiger partial charge on any atom is 0.492 e. The molecule has 1 rings (SSSR count). The average Bonchev–Trinajstić information content (AvgIpc) is 2.29. The summed E-state index contributed by atoms with van der Waals surface area (Å²) in [6, 6.07) is 4.96. The Bertz CT molecular complexity index is 561. The Morgan fingerprint density at radius 1 is 1.25 bits per heavy atom. The van der Waals surface area contributed by atoms with Gasteiger partial charge in [-0.05, 0) is 33.8 Å². The Labute approximate surface area is 120 Å². The smallest absolute Gasteiger partial charge is 0.492 e. The van der Waals surface area contributed by atoms with Crippen molar-refractivity contribution in [3.63, 3.8) is 0 Å². The minimum Gasteiger partial charge on any atom is -0.493 e. The van der Waals surface area contributed by atoms with Crippen LogP contribution in [0.15, 0.2) is 18.2 Å². The lowest BCUT2D eigenvalue weighted by Gasteiger charge is -2.19. The molecule has 1 aromatic rings. The van der Waals surface area contributed by atoms with Crippen LogP contribution in [0.1, 0.15) is 26.3 Å². The van der Waals surface area contributed by atoms with Gasteiger partial charge in [-0.15, -0.1) is 0 Å². The zero-order valence-electron chi connectivity index (χ0n) is 12.3. The molecule has 0 saturated heterocycles. The molecule has 0 heterocycles. The molecule has 0 amide bonds. The first kappa shape index (κ1) is 17.0. The summed E-state index contributed by atoms with van der Waals surface area (Å²) in [6.07, 6.45) is 0. The lowest BCUT2D eigenvalue weighted by atomic mass is 9.79. The largest absolute Gasteiger partial charge is 0.493 e. The first-order chi connectivity index (χ1) is 9.04. The molecule has 0 aliphatic carbocycles. The number of ether oxygens (including phenoxy) is 1. The third-order valence-corrected chi connectivity index (χ3v) is 5.56. The topological polar surface area (TPSA) is 83.8 Å². The van der Waals surface area contributed by atoms with Gasteiger partial charge in [0.2, 0.25) is 0 Å². The number of rotatable bonds is 5. The van der Waals surface area contributed by atoms with Crippen molar-refractivity contribution in [1.29, 1.82) is 0 Å². The lowest BCUT2D eigenvalue weighted by Crippen LogP contribution is -2.34. The molecule has 112 valence electrons. The fraction of sp³-hybridized carbons (Fsp3) is 0.538. The molecule has 0 bridgehead atoms. The van der Waals surface area contributed by atoms with E-state index < -0.39 is 21.7 Å². The summed E-state index contributed by atoms with van der Waals surface area (Å²) in [5, 5.41) is 18.5. The molecule has 0 atom stereocenters. The van der Waals surface area contributed by atoms with Crippen LogP contribution in [0.25, 0.3) is 0 Å². The molecule has 0 aromatic heterocycles. The van der Waals surface area contributed by atoms with Gasteiger partial charge in [-0.3, -0.25) is 0 Å². The van der Waals surface area contributed by atoms with E-state index in [2.05, 4.69) is 0 Å². The van der Waals surface area contributed by atoms with E-state index in [1.165, 1.54) is 0 Å². The van der Waals surface area contributed by atoms with Gasteiger partial charge in [0.05, 0.1) is 10.5 Å².